The van der Waals surface area contributed by atoms with Crippen molar-refractivity contribution in [2.24, 2.45) is 0 Å². The van der Waals surface area contributed by atoms with Gasteiger partial charge in [-0.1, -0.05) is 60.9 Å². The molecule has 1 N–H and O–H groups in total. The average molecular weight is 340 g/mol. The van der Waals surface area contributed by atoms with Gasteiger partial charge in [0.15, 0.2) is 0 Å². The molecule has 21 heavy (non-hydrogen) atoms. The maximum atomic E-state index is 6.05. The molecule has 2 rings (SSSR count). The first kappa shape index (κ1) is 16.7. The fourth-order valence-corrected chi connectivity index (χ4v) is 3.41. The van der Waals surface area contributed by atoms with E-state index in [1.807, 2.05) is 18.2 Å². The van der Waals surface area contributed by atoms with Crippen LogP contribution in [-0.2, 0) is 0 Å². The number of halogens is 2. The minimum atomic E-state index is 0.430. The smallest absolute Gasteiger partial charge is 0.0603 e. The van der Waals surface area contributed by atoms with Crippen molar-refractivity contribution in [1.82, 2.24) is 5.32 Å². The molecule has 0 fully saturated rings. The molecule has 1 nitrogen and oxygen atoms in total. The van der Waals surface area contributed by atoms with Crippen LogP contribution in [-0.4, -0.2) is 6.54 Å². The Hall–Kier alpha value is -0.670. The highest BCUT2D eigenvalue weighted by Crippen LogP contribution is 2.33. The second-order valence-electron chi connectivity index (χ2n) is 4.77. The largest absolute Gasteiger partial charge is 0.310 e. The van der Waals surface area contributed by atoms with Gasteiger partial charge in [0.2, 0.25) is 0 Å². The van der Waals surface area contributed by atoms with Gasteiger partial charge < -0.3 is 5.32 Å². The molecule has 1 atom stereocenters. The summed E-state index contributed by atoms with van der Waals surface area (Å²) in [5, 5.41) is 4.68. The standard InChI is InChI=1S/C17H19Cl2NS/c1-3-17(20-4-2)12-5-7-13(8-6-12)21-14-9-10-15(18)16(19)11-14/h5-11,17,20H,3-4H2,1-2H3. The van der Waals surface area contributed by atoms with Crippen molar-refractivity contribution in [3.63, 3.8) is 0 Å². The summed E-state index contributed by atoms with van der Waals surface area (Å²) in [6.07, 6.45) is 1.09. The Morgan fingerprint density at radius 3 is 2.19 bits per heavy atom. The Balaban J connectivity index is 2.09. The van der Waals surface area contributed by atoms with E-state index in [1.165, 1.54) is 10.5 Å². The first-order chi connectivity index (χ1) is 10.1. The Kier molecular flexibility index (Phi) is 6.43. The topological polar surface area (TPSA) is 12.0 Å². The van der Waals surface area contributed by atoms with Crippen LogP contribution < -0.4 is 5.32 Å². The molecule has 0 aliphatic carbocycles. The normalized spacial score (nSPS) is 12.4. The fraction of sp³-hybridized carbons (Fsp3) is 0.294. The number of benzene rings is 2. The van der Waals surface area contributed by atoms with Gasteiger partial charge in [0.25, 0.3) is 0 Å². The summed E-state index contributed by atoms with van der Waals surface area (Å²) in [6, 6.07) is 14.8. The highest BCUT2D eigenvalue weighted by molar-refractivity contribution is 7.99. The Morgan fingerprint density at radius 1 is 0.952 bits per heavy atom. The van der Waals surface area contributed by atoms with Crippen LogP contribution in [0.5, 0.6) is 0 Å². The molecule has 112 valence electrons. The Morgan fingerprint density at radius 2 is 1.62 bits per heavy atom. The maximum Gasteiger partial charge on any atom is 0.0603 e. The minimum Gasteiger partial charge on any atom is -0.310 e. The second kappa shape index (κ2) is 8.09. The molecule has 4 heteroatoms. The predicted octanol–water partition coefficient (Wildman–Crippen LogP) is 6.21. The van der Waals surface area contributed by atoms with Gasteiger partial charge in [0.05, 0.1) is 10.0 Å². The molecule has 0 saturated carbocycles. The van der Waals surface area contributed by atoms with Gasteiger partial charge in [-0.2, -0.15) is 0 Å². The molecule has 0 bridgehead atoms. The van der Waals surface area contributed by atoms with Gasteiger partial charge in [0, 0.05) is 15.8 Å². The van der Waals surface area contributed by atoms with Crippen LogP contribution in [0.25, 0.3) is 0 Å². The van der Waals surface area contributed by atoms with Crippen LogP contribution >= 0.6 is 35.0 Å². The molecule has 2 aromatic carbocycles. The molecule has 0 heterocycles. The molecular formula is C17H19Cl2NS. The van der Waals surface area contributed by atoms with Crippen molar-refractivity contribution in [3.8, 4) is 0 Å². The molecule has 0 spiro atoms. The molecule has 0 amide bonds. The lowest BCUT2D eigenvalue weighted by Gasteiger charge is -2.16. The summed E-state index contributed by atoms with van der Waals surface area (Å²) in [7, 11) is 0. The van der Waals surface area contributed by atoms with E-state index >= 15 is 0 Å². The molecule has 0 aliphatic heterocycles. The third-order valence-electron chi connectivity index (χ3n) is 3.27. The number of hydrogen-bond acceptors (Lipinski definition) is 2. The molecule has 2 aromatic rings. The van der Waals surface area contributed by atoms with Crippen molar-refractivity contribution >= 4 is 35.0 Å². The van der Waals surface area contributed by atoms with Crippen LogP contribution in [0.15, 0.2) is 52.3 Å². The van der Waals surface area contributed by atoms with Gasteiger partial charge >= 0.3 is 0 Å². The summed E-state index contributed by atoms with van der Waals surface area (Å²) in [6.45, 7) is 5.32. The molecule has 1 unspecified atom stereocenters. The van der Waals surface area contributed by atoms with Crippen molar-refractivity contribution < 1.29 is 0 Å². The summed E-state index contributed by atoms with van der Waals surface area (Å²) in [5.41, 5.74) is 1.33. The van der Waals surface area contributed by atoms with E-state index in [-0.39, 0.29) is 0 Å². The van der Waals surface area contributed by atoms with E-state index in [1.54, 1.807) is 11.8 Å². The highest BCUT2D eigenvalue weighted by atomic mass is 35.5. The Bertz CT molecular complexity index is 584. The lowest BCUT2D eigenvalue weighted by atomic mass is 10.1. The van der Waals surface area contributed by atoms with E-state index in [0.29, 0.717) is 16.1 Å². The van der Waals surface area contributed by atoms with Crippen molar-refractivity contribution in [1.29, 1.82) is 0 Å². The van der Waals surface area contributed by atoms with Crippen molar-refractivity contribution in [2.75, 3.05) is 6.54 Å². The zero-order chi connectivity index (χ0) is 15.2. The van der Waals surface area contributed by atoms with Crippen LogP contribution in [0.2, 0.25) is 10.0 Å². The first-order valence-corrected chi connectivity index (χ1v) is 8.67. The van der Waals surface area contributed by atoms with E-state index in [0.717, 1.165) is 17.9 Å². The maximum absolute atomic E-state index is 6.05. The highest BCUT2D eigenvalue weighted by Gasteiger charge is 2.08. The van der Waals surface area contributed by atoms with E-state index in [9.17, 15) is 0 Å². The van der Waals surface area contributed by atoms with Crippen LogP contribution in [0, 0.1) is 0 Å². The zero-order valence-electron chi connectivity index (χ0n) is 12.2. The summed E-state index contributed by atoms with van der Waals surface area (Å²) < 4.78 is 0. The lowest BCUT2D eigenvalue weighted by Crippen LogP contribution is -2.19. The lowest BCUT2D eigenvalue weighted by molar-refractivity contribution is 0.537. The summed E-state index contributed by atoms with van der Waals surface area (Å²) >= 11 is 13.7. The van der Waals surface area contributed by atoms with E-state index < -0.39 is 0 Å². The van der Waals surface area contributed by atoms with Crippen LogP contribution in [0.3, 0.4) is 0 Å². The summed E-state index contributed by atoms with van der Waals surface area (Å²) in [5.74, 6) is 0. The Labute approximate surface area is 141 Å². The van der Waals surface area contributed by atoms with E-state index in [4.69, 9.17) is 23.2 Å². The van der Waals surface area contributed by atoms with Crippen LogP contribution in [0.4, 0.5) is 0 Å². The quantitative estimate of drug-likeness (QED) is 0.671. The van der Waals surface area contributed by atoms with Crippen molar-refractivity contribution in [2.45, 2.75) is 36.1 Å². The van der Waals surface area contributed by atoms with Gasteiger partial charge in [-0.15, -0.1) is 0 Å². The van der Waals surface area contributed by atoms with Crippen LogP contribution in [0.1, 0.15) is 31.9 Å². The van der Waals surface area contributed by atoms with Gasteiger partial charge in [-0.3, -0.25) is 0 Å². The molecule has 0 saturated heterocycles. The average Bonchev–Trinajstić information content (AvgIpc) is 2.49. The van der Waals surface area contributed by atoms with Gasteiger partial charge in [-0.25, -0.2) is 0 Å². The molecule has 0 aromatic heterocycles. The van der Waals surface area contributed by atoms with E-state index in [2.05, 4.69) is 43.4 Å². The minimum absolute atomic E-state index is 0.430. The van der Waals surface area contributed by atoms with Gasteiger partial charge in [-0.05, 0) is 48.9 Å². The number of nitrogens with one attached hydrogen (secondary N) is 1. The number of rotatable bonds is 6. The third-order valence-corrected chi connectivity index (χ3v) is 5.00. The SMILES string of the molecule is CCNC(CC)c1ccc(Sc2ccc(Cl)c(Cl)c2)cc1. The second-order valence-corrected chi connectivity index (χ2v) is 6.73. The van der Waals surface area contributed by atoms with Crippen molar-refractivity contribution in [3.05, 3.63) is 58.1 Å². The third kappa shape index (κ3) is 4.65. The fourth-order valence-electron chi connectivity index (χ4n) is 2.19. The van der Waals surface area contributed by atoms with Gasteiger partial charge in [0.1, 0.15) is 0 Å². The summed E-state index contributed by atoms with van der Waals surface area (Å²) in [4.78, 5) is 2.29. The zero-order valence-corrected chi connectivity index (χ0v) is 14.5. The number of hydrogen-bond donors (Lipinski definition) is 1. The molecule has 0 radical (unpaired) electrons. The predicted molar refractivity (Wildman–Crippen MR) is 93.7 cm³/mol. The molecular weight excluding hydrogens is 321 g/mol. The first-order valence-electron chi connectivity index (χ1n) is 7.10. The molecule has 0 aliphatic rings. The monoisotopic (exact) mass is 339 g/mol.